The summed E-state index contributed by atoms with van der Waals surface area (Å²) in [6.07, 6.45) is 6.38. The summed E-state index contributed by atoms with van der Waals surface area (Å²) >= 11 is 0. The van der Waals surface area contributed by atoms with Crippen LogP contribution in [0.15, 0.2) is 18.5 Å². The molecular formula is C25H38N10O2. The summed E-state index contributed by atoms with van der Waals surface area (Å²) in [6.45, 7) is 9.78. The maximum Gasteiger partial charge on any atom is 0.243 e. The summed E-state index contributed by atoms with van der Waals surface area (Å²) in [7, 11) is 0. The zero-order valence-corrected chi connectivity index (χ0v) is 21.9. The Labute approximate surface area is 217 Å². The molecule has 4 heterocycles. The summed E-state index contributed by atoms with van der Waals surface area (Å²) in [5, 5.41) is 19.8. The van der Waals surface area contributed by atoms with Crippen molar-refractivity contribution in [2.45, 2.75) is 46.1 Å². The van der Waals surface area contributed by atoms with Crippen molar-refractivity contribution in [3.63, 3.8) is 0 Å². The number of carbonyl (C=O) groups is 1. The molecule has 3 aromatic heterocycles. The summed E-state index contributed by atoms with van der Waals surface area (Å²) < 4.78 is 1.76. The number of pyridine rings is 1. The molecule has 4 rings (SSSR count). The number of nitrogens with two attached hydrogens (primary N) is 1. The van der Waals surface area contributed by atoms with Gasteiger partial charge in [0.1, 0.15) is 5.82 Å². The fraction of sp³-hybridized carbons (Fsp3) is 0.560. The van der Waals surface area contributed by atoms with Crippen molar-refractivity contribution in [3.8, 4) is 0 Å². The monoisotopic (exact) mass is 510 g/mol. The van der Waals surface area contributed by atoms with Gasteiger partial charge in [0.25, 0.3) is 0 Å². The lowest BCUT2D eigenvalue weighted by Gasteiger charge is -2.36. The second kappa shape index (κ2) is 12.2. The van der Waals surface area contributed by atoms with Gasteiger partial charge < -0.3 is 31.3 Å². The molecule has 12 heteroatoms. The van der Waals surface area contributed by atoms with E-state index in [0.717, 1.165) is 48.6 Å². The van der Waals surface area contributed by atoms with E-state index in [4.69, 9.17) is 15.8 Å². The SMILES string of the molecule is CCC[C@H](C)Nc1nc(N)c2ncc(Cc3cnc(N4CCN(C(=O)CNCCO)CC4)c(C)c3)n2n1. The van der Waals surface area contributed by atoms with Crippen LogP contribution in [0.1, 0.15) is 43.5 Å². The Bertz CT molecular complexity index is 1210. The molecule has 3 aromatic rings. The van der Waals surface area contributed by atoms with Crippen LogP contribution in [0.5, 0.6) is 0 Å². The number of nitrogens with one attached hydrogen (secondary N) is 2. The number of aryl methyl sites for hydroxylation is 1. The van der Waals surface area contributed by atoms with E-state index < -0.39 is 0 Å². The van der Waals surface area contributed by atoms with E-state index >= 15 is 0 Å². The zero-order chi connectivity index (χ0) is 26.4. The predicted octanol–water partition coefficient (Wildman–Crippen LogP) is 0.832. The maximum absolute atomic E-state index is 12.3. The quantitative estimate of drug-likeness (QED) is 0.273. The Morgan fingerprint density at radius 1 is 1.22 bits per heavy atom. The molecule has 1 fully saturated rings. The maximum atomic E-state index is 12.3. The Morgan fingerprint density at radius 2 is 2.00 bits per heavy atom. The van der Waals surface area contributed by atoms with Crippen LogP contribution in [-0.2, 0) is 11.2 Å². The van der Waals surface area contributed by atoms with E-state index in [0.29, 0.717) is 43.5 Å². The summed E-state index contributed by atoms with van der Waals surface area (Å²) in [6, 6.07) is 2.39. The van der Waals surface area contributed by atoms with E-state index in [9.17, 15) is 4.79 Å². The standard InChI is InChI=1S/C25H38N10O2/c1-4-5-18(3)30-25-31-22(26)24-29-15-20(35(24)32-25)13-19-12-17(2)23(28-14-19)34-9-7-33(8-10-34)21(37)16-27-6-11-36/h12,14-15,18,27,36H,4-11,13,16H2,1-3H3,(H3,26,30,31,32)/t18-/m0/s1. The van der Waals surface area contributed by atoms with Crippen LogP contribution < -0.4 is 21.3 Å². The van der Waals surface area contributed by atoms with E-state index in [-0.39, 0.29) is 25.1 Å². The Hall–Kier alpha value is -3.51. The van der Waals surface area contributed by atoms with Gasteiger partial charge in [-0.2, -0.15) is 4.98 Å². The van der Waals surface area contributed by atoms with Gasteiger partial charge in [-0.3, -0.25) is 4.79 Å². The Kier molecular flexibility index (Phi) is 8.72. The predicted molar refractivity (Wildman–Crippen MR) is 144 cm³/mol. The minimum atomic E-state index is 0.0254. The van der Waals surface area contributed by atoms with E-state index in [1.165, 1.54) is 0 Å². The van der Waals surface area contributed by atoms with Gasteiger partial charge in [0, 0.05) is 51.4 Å². The minimum absolute atomic E-state index is 0.0254. The number of aliphatic hydroxyl groups excluding tert-OH is 1. The number of nitrogen functional groups attached to an aromatic ring is 1. The first kappa shape index (κ1) is 26.6. The summed E-state index contributed by atoms with van der Waals surface area (Å²) in [4.78, 5) is 30.0. The molecule has 5 N–H and O–H groups in total. The fourth-order valence-electron chi connectivity index (χ4n) is 4.67. The smallest absolute Gasteiger partial charge is 0.243 e. The molecule has 200 valence electrons. The fourth-order valence-corrected chi connectivity index (χ4v) is 4.67. The largest absolute Gasteiger partial charge is 0.395 e. The number of fused-ring (bicyclic) bond motifs is 1. The van der Waals surface area contributed by atoms with Gasteiger partial charge in [-0.15, -0.1) is 5.10 Å². The highest BCUT2D eigenvalue weighted by Crippen LogP contribution is 2.22. The van der Waals surface area contributed by atoms with Crippen molar-refractivity contribution in [1.29, 1.82) is 0 Å². The van der Waals surface area contributed by atoms with Crippen molar-refractivity contribution in [3.05, 3.63) is 35.3 Å². The molecular weight excluding hydrogens is 472 g/mol. The average molecular weight is 511 g/mol. The molecule has 1 amide bonds. The van der Waals surface area contributed by atoms with Crippen molar-refractivity contribution in [2.75, 3.05) is 61.8 Å². The molecule has 0 saturated carbocycles. The average Bonchev–Trinajstić information content (AvgIpc) is 3.27. The van der Waals surface area contributed by atoms with Gasteiger partial charge in [0.15, 0.2) is 11.5 Å². The number of hydrogen-bond acceptors (Lipinski definition) is 10. The molecule has 0 unspecified atom stereocenters. The second-order valence-corrected chi connectivity index (χ2v) is 9.57. The zero-order valence-electron chi connectivity index (χ0n) is 21.9. The lowest BCUT2D eigenvalue weighted by atomic mass is 10.1. The first-order chi connectivity index (χ1) is 17.9. The molecule has 0 radical (unpaired) electrons. The Balaban J connectivity index is 1.42. The number of amides is 1. The van der Waals surface area contributed by atoms with Crippen LogP contribution >= 0.6 is 0 Å². The van der Waals surface area contributed by atoms with Crippen molar-refractivity contribution in [2.24, 2.45) is 0 Å². The van der Waals surface area contributed by atoms with Gasteiger partial charge in [-0.1, -0.05) is 19.4 Å². The lowest BCUT2D eigenvalue weighted by molar-refractivity contribution is -0.130. The number of rotatable bonds is 11. The molecule has 1 saturated heterocycles. The third-order valence-corrected chi connectivity index (χ3v) is 6.55. The number of piperazine rings is 1. The highest BCUT2D eigenvalue weighted by atomic mass is 16.3. The van der Waals surface area contributed by atoms with E-state index in [1.807, 2.05) is 11.1 Å². The number of nitrogens with zero attached hydrogens (tertiary/aromatic N) is 7. The first-order valence-electron chi connectivity index (χ1n) is 13.0. The summed E-state index contributed by atoms with van der Waals surface area (Å²) in [5.74, 6) is 1.84. The van der Waals surface area contributed by atoms with Gasteiger partial charge in [0.05, 0.1) is 25.0 Å². The van der Waals surface area contributed by atoms with Crippen LogP contribution in [0, 0.1) is 6.92 Å². The number of imidazole rings is 1. The van der Waals surface area contributed by atoms with Crippen LogP contribution in [-0.4, -0.2) is 92.4 Å². The second-order valence-electron chi connectivity index (χ2n) is 9.57. The molecule has 0 spiro atoms. The molecule has 1 atom stereocenters. The molecule has 0 bridgehead atoms. The number of aliphatic hydroxyl groups is 1. The van der Waals surface area contributed by atoms with Crippen molar-refractivity contribution >= 4 is 29.1 Å². The molecule has 0 aromatic carbocycles. The normalized spacial score (nSPS) is 14.8. The van der Waals surface area contributed by atoms with Crippen LogP contribution in [0.4, 0.5) is 17.6 Å². The summed E-state index contributed by atoms with van der Waals surface area (Å²) in [5.41, 5.74) is 9.76. The topological polar surface area (TPSA) is 150 Å². The van der Waals surface area contributed by atoms with Crippen molar-refractivity contribution < 1.29 is 9.90 Å². The van der Waals surface area contributed by atoms with E-state index in [2.05, 4.69) is 57.4 Å². The van der Waals surface area contributed by atoms with Gasteiger partial charge >= 0.3 is 0 Å². The number of carbonyl (C=O) groups excluding carboxylic acids is 1. The minimum Gasteiger partial charge on any atom is -0.395 e. The molecule has 12 nitrogen and oxygen atoms in total. The van der Waals surface area contributed by atoms with Gasteiger partial charge in [-0.05, 0) is 31.4 Å². The molecule has 1 aliphatic rings. The van der Waals surface area contributed by atoms with E-state index in [1.54, 1.807) is 10.7 Å². The molecule has 1 aliphatic heterocycles. The third-order valence-electron chi connectivity index (χ3n) is 6.55. The van der Waals surface area contributed by atoms with Crippen molar-refractivity contribution in [1.82, 2.24) is 34.8 Å². The number of hydrogen-bond donors (Lipinski definition) is 4. The number of aromatic nitrogens is 5. The molecule has 0 aliphatic carbocycles. The number of anilines is 3. The van der Waals surface area contributed by atoms with Crippen LogP contribution in [0.3, 0.4) is 0 Å². The highest BCUT2D eigenvalue weighted by molar-refractivity contribution is 5.78. The lowest BCUT2D eigenvalue weighted by Crippen LogP contribution is -2.51. The Morgan fingerprint density at radius 3 is 2.70 bits per heavy atom. The van der Waals surface area contributed by atoms with Gasteiger partial charge in [-0.25, -0.2) is 14.5 Å². The van der Waals surface area contributed by atoms with Crippen LogP contribution in [0.2, 0.25) is 0 Å². The third kappa shape index (κ3) is 6.44. The first-order valence-corrected chi connectivity index (χ1v) is 13.0. The highest BCUT2D eigenvalue weighted by Gasteiger charge is 2.23. The molecule has 37 heavy (non-hydrogen) atoms. The van der Waals surface area contributed by atoms with Crippen LogP contribution in [0.25, 0.3) is 5.65 Å². The van der Waals surface area contributed by atoms with Gasteiger partial charge in [0.2, 0.25) is 11.9 Å².